The van der Waals surface area contributed by atoms with Crippen LogP contribution in [0.15, 0.2) is 89.3 Å². The van der Waals surface area contributed by atoms with Crippen LogP contribution in [0, 0.1) is 22.9 Å². The molecule has 1 aromatic heterocycles. The number of benzene rings is 4. The topological polar surface area (TPSA) is 99.7 Å². The normalized spacial score (nSPS) is 13.6. The zero-order valence-electron chi connectivity index (χ0n) is 23.7. The third-order valence-electron chi connectivity index (χ3n) is 8.18. The van der Waals surface area contributed by atoms with Crippen LogP contribution < -0.4 is 0 Å². The molecule has 1 aliphatic rings. The van der Waals surface area contributed by atoms with Gasteiger partial charge in [-0.1, -0.05) is 42.5 Å². The van der Waals surface area contributed by atoms with Crippen LogP contribution in [0.4, 0.5) is 10.1 Å². The first kappa shape index (κ1) is 28.0. The maximum absolute atomic E-state index is 13.7. The molecule has 1 aliphatic carbocycles. The highest BCUT2D eigenvalue weighted by atomic mass is 19.1. The molecule has 0 unspecified atom stereocenters. The number of ether oxygens (including phenoxy) is 1. The maximum Gasteiger partial charge on any atom is 0.342 e. The summed E-state index contributed by atoms with van der Waals surface area (Å²) in [7, 11) is 0. The van der Waals surface area contributed by atoms with Crippen LogP contribution in [0.25, 0.3) is 33.4 Å². The number of nitrogens with zero attached hydrogens (tertiary/aromatic N) is 1. The van der Waals surface area contributed by atoms with E-state index < -0.39 is 16.7 Å². The van der Waals surface area contributed by atoms with Gasteiger partial charge in [0.05, 0.1) is 23.2 Å². The van der Waals surface area contributed by atoms with Gasteiger partial charge in [0.15, 0.2) is 5.78 Å². The summed E-state index contributed by atoms with van der Waals surface area (Å²) in [5.41, 5.74) is 3.26. The van der Waals surface area contributed by atoms with Gasteiger partial charge in [-0.15, -0.1) is 0 Å². The third kappa shape index (κ3) is 5.20. The van der Waals surface area contributed by atoms with Gasteiger partial charge in [0.25, 0.3) is 5.69 Å². The second-order valence-electron chi connectivity index (χ2n) is 10.9. The van der Waals surface area contributed by atoms with Crippen LogP contribution in [-0.2, 0) is 10.2 Å². The molecule has 0 atom stereocenters. The Hall–Kier alpha value is -5.11. The van der Waals surface area contributed by atoms with Gasteiger partial charge in [-0.3, -0.25) is 14.9 Å². The van der Waals surface area contributed by atoms with E-state index in [0.717, 1.165) is 24.0 Å². The van der Waals surface area contributed by atoms with E-state index in [2.05, 4.69) is 0 Å². The van der Waals surface area contributed by atoms with Gasteiger partial charge in [0.2, 0.25) is 0 Å². The van der Waals surface area contributed by atoms with Gasteiger partial charge in [-0.25, -0.2) is 9.18 Å². The minimum Gasteiger partial charge on any atom is -0.462 e. The van der Waals surface area contributed by atoms with E-state index in [1.807, 2.05) is 37.3 Å². The molecule has 1 fully saturated rings. The standard InChI is InChI=1S/C35H28FNO6/c1-3-42-34(39)32-28-18-27(29(37(40)41)19-31(28)43-33(32)22-11-13-25(36)14-12-22)26-17-23(10-9-21(26)2)30(38)20-35(15-16-35)24-7-5-4-6-8-24/h4-14,17-19H,3,15-16,20H2,1-2H3. The zero-order chi connectivity index (χ0) is 30.3. The average molecular weight is 578 g/mol. The van der Waals surface area contributed by atoms with Crippen LogP contribution in [0.3, 0.4) is 0 Å². The lowest BCUT2D eigenvalue weighted by Gasteiger charge is -2.16. The van der Waals surface area contributed by atoms with Gasteiger partial charge < -0.3 is 9.15 Å². The molecule has 43 heavy (non-hydrogen) atoms. The van der Waals surface area contributed by atoms with Crippen molar-refractivity contribution < 1.29 is 28.1 Å². The summed E-state index contributed by atoms with van der Waals surface area (Å²) < 4.78 is 25.0. The van der Waals surface area contributed by atoms with Gasteiger partial charge in [0, 0.05) is 28.3 Å². The largest absolute Gasteiger partial charge is 0.462 e. The monoisotopic (exact) mass is 577 g/mol. The molecular formula is C35H28FNO6. The van der Waals surface area contributed by atoms with Crippen molar-refractivity contribution >= 4 is 28.4 Å². The van der Waals surface area contributed by atoms with Crippen molar-refractivity contribution in [3.8, 4) is 22.5 Å². The molecule has 5 aromatic rings. The van der Waals surface area contributed by atoms with E-state index in [0.29, 0.717) is 28.5 Å². The second-order valence-corrected chi connectivity index (χ2v) is 10.9. The summed E-state index contributed by atoms with van der Waals surface area (Å²) in [6, 6.07) is 23.4. The molecule has 6 rings (SSSR count). The number of hydrogen-bond acceptors (Lipinski definition) is 6. The lowest BCUT2D eigenvalue weighted by Crippen LogP contribution is -2.14. The summed E-state index contributed by atoms with van der Waals surface area (Å²) in [5, 5.41) is 12.6. The van der Waals surface area contributed by atoms with Crippen molar-refractivity contribution in [1.82, 2.24) is 0 Å². The van der Waals surface area contributed by atoms with Gasteiger partial charge in [-0.2, -0.15) is 0 Å². The summed E-state index contributed by atoms with van der Waals surface area (Å²) >= 11 is 0. The Morgan fingerprint density at radius 3 is 2.35 bits per heavy atom. The number of hydrogen-bond donors (Lipinski definition) is 0. The molecule has 216 valence electrons. The fraction of sp³-hybridized carbons (Fsp3) is 0.200. The Kier molecular flexibility index (Phi) is 7.13. The number of aryl methyl sites for hydroxylation is 1. The van der Waals surface area contributed by atoms with Gasteiger partial charge >= 0.3 is 5.97 Å². The Bertz CT molecular complexity index is 1890. The average Bonchev–Trinajstić information content (AvgIpc) is 3.69. The minimum atomic E-state index is -0.670. The number of halogens is 1. The van der Waals surface area contributed by atoms with E-state index in [1.54, 1.807) is 31.2 Å². The Labute approximate surface area is 247 Å². The van der Waals surface area contributed by atoms with Crippen molar-refractivity contribution in [2.45, 2.75) is 38.5 Å². The number of fused-ring (bicyclic) bond motifs is 1. The van der Waals surface area contributed by atoms with E-state index in [-0.39, 0.29) is 46.0 Å². The highest BCUT2D eigenvalue weighted by Gasteiger charge is 2.45. The fourth-order valence-electron chi connectivity index (χ4n) is 5.71. The minimum absolute atomic E-state index is 0.0412. The molecule has 0 radical (unpaired) electrons. The molecule has 0 bridgehead atoms. The summed E-state index contributed by atoms with van der Waals surface area (Å²) in [6.45, 7) is 3.58. The number of carbonyl (C=O) groups is 2. The molecule has 1 saturated carbocycles. The number of nitro groups is 1. The lowest BCUT2D eigenvalue weighted by molar-refractivity contribution is -0.384. The van der Waals surface area contributed by atoms with Crippen molar-refractivity contribution in [2.75, 3.05) is 6.61 Å². The first-order valence-corrected chi connectivity index (χ1v) is 14.1. The number of carbonyl (C=O) groups excluding carboxylic acids is 2. The number of rotatable bonds is 9. The predicted octanol–water partition coefficient (Wildman–Crippen LogP) is 8.60. The Morgan fingerprint density at radius 1 is 0.977 bits per heavy atom. The third-order valence-corrected chi connectivity index (χ3v) is 8.18. The number of Topliss-reactive ketones (excluding diaryl/α,β-unsaturated/α-hetero) is 1. The van der Waals surface area contributed by atoms with Crippen LogP contribution in [0.5, 0.6) is 0 Å². The van der Waals surface area contributed by atoms with Crippen molar-refractivity contribution in [3.05, 3.63) is 123 Å². The lowest BCUT2D eigenvalue weighted by atomic mass is 9.87. The summed E-state index contributed by atoms with van der Waals surface area (Å²) in [4.78, 5) is 38.5. The maximum atomic E-state index is 13.7. The van der Waals surface area contributed by atoms with Gasteiger partial charge in [0.1, 0.15) is 22.7 Å². The number of ketones is 1. The zero-order valence-corrected chi connectivity index (χ0v) is 23.7. The molecule has 0 aliphatic heterocycles. The van der Waals surface area contributed by atoms with E-state index in [9.17, 15) is 24.1 Å². The quantitative estimate of drug-likeness (QED) is 0.0753. The van der Waals surface area contributed by atoms with E-state index in [4.69, 9.17) is 9.15 Å². The predicted molar refractivity (Wildman–Crippen MR) is 161 cm³/mol. The van der Waals surface area contributed by atoms with E-state index in [1.165, 1.54) is 30.3 Å². The van der Waals surface area contributed by atoms with Crippen molar-refractivity contribution in [3.63, 3.8) is 0 Å². The highest BCUT2D eigenvalue weighted by molar-refractivity contribution is 6.10. The molecule has 0 spiro atoms. The molecule has 7 nitrogen and oxygen atoms in total. The summed E-state index contributed by atoms with van der Waals surface area (Å²) in [6.07, 6.45) is 2.20. The van der Waals surface area contributed by atoms with E-state index >= 15 is 0 Å². The summed E-state index contributed by atoms with van der Waals surface area (Å²) in [5.74, 6) is -1.05. The molecule has 1 heterocycles. The second kappa shape index (κ2) is 10.9. The molecule has 0 N–H and O–H groups in total. The first-order chi connectivity index (χ1) is 20.7. The fourth-order valence-corrected chi connectivity index (χ4v) is 5.71. The molecule has 0 amide bonds. The van der Waals surface area contributed by atoms with Crippen LogP contribution >= 0.6 is 0 Å². The van der Waals surface area contributed by atoms with Crippen molar-refractivity contribution in [2.24, 2.45) is 0 Å². The molecule has 0 saturated heterocycles. The first-order valence-electron chi connectivity index (χ1n) is 14.1. The van der Waals surface area contributed by atoms with Gasteiger partial charge in [-0.05, 0) is 79.8 Å². The number of esters is 1. The molecule has 8 heteroatoms. The van der Waals surface area contributed by atoms with Crippen LogP contribution in [0.1, 0.15) is 58.0 Å². The molecular weight excluding hydrogens is 549 g/mol. The van der Waals surface area contributed by atoms with Crippen LogP contribution in [-0.4, -0.2) is 23.3 Å². The highest BCUT2D eigenvalue weighted by Crippen LogP contribution is 2.51. The number of furan rings is 1. The van der Waals surface area contributed by atoms with Crippen molar-refractivity contribution in [1.29, 1.82) is 0 Å². The number of nitro benzene ring substituents is 1. The Morgan fingerprint density at radius 2 is 1.70 bits per heavy atom. The SMILES string of the molecule is CCOC(=O)c1c(-c2ccc(F)cc2)oc2cc([N+](=O)[O-])c(-c3cc(C(=O)CC4(c5ccccc5)CC4)ccc3C)cc12. The molecule has 4 aromatic carbocycles. The Balaban J connectivity index is 1.48. The van der Waals surface area contributed by atoms with Crippen LogP contribution in [0.2, 0.25) is 0 Å². The smallest absolute Gasteiger partial charge is 0.342 e.